The maximum absolute atomic E-state index is 5.38. The van der Waals surface area contributed by atoms with Crippen molar-refractivity contribution in [3.63, 3.8) is 0 Å². The van der Waals surface area contributed by atoms with Crippen LogP contribution in [0.2, 0.25) is 0 Å². The second-order valence-electron chi connectivity index (χ2n) is 5.00. The molecule has 1 N–H and O–H groups in total. The second-order valence-corrected chi connectivity index (χ2v) is 5.00. The molecule has 0 aliphatic rings. The minimum Gasteiger partial charge on any atom is -0.494 e. The van der Waals surface area contributed by atoms with Gasteiger partial charge in [0, 0.05) is 29.6 Å². The molecule has 2 aromatic carbocycles. The first-order chi connectivity index (χ1) is 10.3. The topological polar surface area (TPSA) is 55.7 Å². The fourth-order valence-corrected chi connectivity index (χ4v) is 2.76. The highest BCUT2D eigenvalue weighted by Gasteiger charge is 2.14. The lowest BCUT2D eigenvalue weighted by molar-refractivity contribution is 0.419. The standard InChI is InChI=1S/C16H14N4O/c1-20-9-12-10(5-3-7-13(12)19-20)15-11-6-4-8-14(21-2)16(11)18-17-15/h3-9H,1-2H3,(H,17,18). The highest BCUT2D eigenvalue weighted by Crippen LogP contribution is 2.34. The molecule has 21 heavy (non-hydrogen) atoms. The molecular weight excluding hydrogens is 264 g/mol. The Morgan fingerprint density at radius 3 is 2.81 bits per heavy atom. The van der Waals surface area contributed by atoms with Crippen molar-refractivity contribution in [3.05, 3.63) is 42.6 Å². The predicted molar refractivity (Wildman–Crippen MR) is 82.4 cm³/mol. The van der Waals surface area contributed by atoms with Gasteiger partial charge in [0.1, 0.15) is 17.0 Å². The van der Waals surface area contributed by atoms with Crippen LogP contribution in [0.3, 0.4) is 0 Å². The van der Waals surface area contributed by atoms with Gasteiger partial charge in [-0.3, -0.25) is 9.78 Å². The van der Waals surface area contributed by atoms with Crippen LogP contribution in [0.1, 0.15) is 0 Å². The third kappa shape index (κ3) is 1.71. The van der Waals surface area contributed by atoms with E-state index in [1.807, 2.05) is 48.3 Å². The molecule has 2 aromatic heterocycles. The minimum absolute atomic E-state index is 0.796. The van der Waals surface area contributed by atoms with Crippen LogP contribution in [0, 0.1) is 0 Å². The Bertz CT molecular complexity index is 951. The van der Waals surface area contributed by atoms with E-state index in [1.54, 1.807) is 7.11 Å². The molecule has 5 nitrogen and oxygen atoms in total. The number of para-hydroxylation sites is 1. The van der Waals surface area contributed by atoms with Crippen molar-refractivity contribution < 1.29 is 4.74 Å². The van der Waals surface area contributed by atoms with Gasteiger partial charge in [-0.1, -0.05) is 24.3 Å². The fourth-order valence-electron chi connectivity index (χ4n) is 2.76. The summed E-state index contributed by atoms with van der Waals surface area (Å²) in [7, 11) is 3.59. The van der Waals surface area contributed by atoms with Crippen molar-refractivity contribution >= 4 is 21.8 Å². The Kier molecular flexibility index (Phi) is 2.47. The molecule has 0 spiro atoms. The Labute approximate surface area is 121 Å². The van der Waals surface area contributed by atoms with E-state index in [-0.39, 0.29) is 0 Å². The molecule has 0 unspecified atom stereocenters. The number of methoxy groups -OCH3 is 1. The van der Waals surface area contributed by atoms with E-state index in [0.29, 0.717) is 0 Å². The van der Waals surface area contributed by atoms with Gasteiger partial charge in [-0.2, -0.15) is 10.2 Å². The van der Waals surface area contributed by atoms with E-state index in [0.717, 1.165) is 38.8 Å². The lowest BCUT2D eigenvalue weighted by Gasteiger charge is -2.02. The number of benzene rings is 2. The van der Waals surface area contributed by atoms with E-state index < -0.39 is 0 Å². The lowest BCUT2D eigenvalue weighted by Crippen LogP contribution is -1.84. The van der Waals surface area contributed by atoms with Crippen molar-refractivity contribution in [2.24, 2.45) is 7.05 Å². The Hall–Kier alpha value is -2.82. The second kappa shape index (κ2) is 4.34. The molecule has 0 amide bonds. The first kappa shape index (κ1) is 12.0. The number of H-pyrrole nitrogens is 1. The first-order valence-corrected chi connectivity index (χ1v) is 6.72. The van der Waals surface area contributed by atoms with Gasteiger partial charge in [0.05, 0.1) is 12.6 Å². The maximum atomic E-state index is 5.38. The number of rotatable bonds is 2. The van der Waals surface area contributed by atoms with Crippen molar-refractivity contribution in [2.45, 2.75) is 0 Å². The summed E-state index contributed by atoms with van der Waals surface area (Å²) in [4.78, 5) is 0. The van der Waals surface area contributed by atoms with E-state index in [2.05, 4.69) is 21.4 Å². The highest BCUT2D eigenvalue weighted by atomic mass is 16.5. The van der Waals surface area contributed by atoms with Crippen LogP contribution in [0.5, 0.6) is 5.75 Å². The Balaban J connectivity index is 2.05. The van der Waals surface area contributed by atoms with Gasteiger partial charge in [-0.05, 0) is 12.1 Å². The molecule has 0 bridgehead atoms. The summed E-state index contributed by atoms with van der Waals surface area (Å²) in [5.41, 5.74) is 3.87. The number of nitrogens with zero attached hydrogens (tertiary/aromatic N) is 3. The molecule has 0 fully saturated rings. The van der Waals surface area contributed by atoms with Crippen molar-refractivity contribution in [1.82, 2.24) is 20.0 Å². The normalized spacial score (nSPS) is 11.3. The number of aromatic nitrogens is 4. The monoisotopic (exact) mass is 278 g/mol. The quantitative estimate of drug-likeness (QED) is 0.613. The molecule has 0 atom stereocenters. The molecule has 0 saturated heterocycles. The highest BCUT2D eigenvalue weighted by molar-refractivity contribution is 6.03. The smallest absolute Gasteiger partial charge is 0.144 e. The van der Waals surface area contributed by atoms with E-state index in [1.165, 1.54) is 0 Å². The number of nitrogens with one attached hydrogen (secondary N) is 1. The van der Waals surface area contributed by atoms with Crippen molar-refractivity contribution in [1.29, 1.82) is 0 Å². The van der Waals surface area contributed by atoms with Crippen LogP contribution < -0.4 is 4.74 Å². The molecule has 2 heterocycles. The summed E-state index contributed by atoms with van der Waals surface area (Å²) in [6.07, 6.45) is 2.02. The van der Waals surface area contributed by atoms with Gasteiger partial charge >= 0.3 is 0 Å². The first-order valence-electron chi connectivity index (χ1n) is 6.72. The Morgan fingerprint density at radius 1 is 1.10 bits per heavy atom. The number of hydrogen-bond acceptors (Lipinski definition) is 3. The summed E-state index contributed by atoms with van der Waals surface area (Å²) in [6.45, 7) is 0. The number of fused-ring (bicyclic) bond motifs is 2. The average molecular weight is 278 g/mol. The Morgan fingerprint density at radius 2 is 1.95 bits per heavy atom. The van der Waals surface area contributed by atoms with Crippen LogP contribution in [-0.2, 0) is 7.05 Å². The van der Waals surface area contributed by atoms with Crippen LogP contribution >= 0.6 is 0 Å². The molecule has 104 valence electrons. The largest absolute Gasteiger partial charge is 0.494 e. The molecule has 4 rings (SSSR count). The zero-order valence-electron chi connectivity index (χ0n) is 11.8. The number of hydrogen-bond donors (Lipinski definition) is 1. The van der Waals surface area contributed by atoms with Gasteiger partial charge < -0.3 is 4.74 Å². The van der Waals surface area contributed by atoms with Crippen LogP contribution in [0.4, 0.5) is 0 Å². The molecule has 0 aliphatic heterocycles. The molecule has 0 saturated carbocycles. The number of ether oxygens (including phenoxy) is 1. The summed E-state index contributed by atoms with van der Waals surface area (Å²) >= 11 is 0. The molecular formula is C16H14N4O. The van der Waals surface area contributed by atoms with Gasteiger partial charge in [0.25, 0.3) is 0 Å². The number of aromatic amines is 1. The van der Waals surface area contributed by atoms with E-state index in [9.17, 15) is 0 Å². The van der Waals surface area contributed by atoms with E-state index >= 15 is 0 Å². The number of aryl methyl sites for hydroxylation is 1. The predicted octanol–water partition coefficient (Wildman–Crippen LogP) is 3.13. The fraction of sp³-hybridized carbons (Fsp3) is 0.125. The lowest BCUT2D eigenvalue weighted by atomic mass is 10.0. The minimum atomic E-state index is 0.796. The van der Waals surface area contributed by atoms with Gasteiger partial charge in [0.15, 0.2) is 0 Å². The third-order valence-corrected chi connectivity index (χ3v) is 3.70. The van der Waals surface area contributed by atoms with E-state index in [4.69, 9.17) is 4.74 Å². The summed E-state index contributed by atoms with van der Waals surface area (Å²) < 4.78 is 7.20. The van der Waals surface area contributed by atoms with Gasteiger partial charge in [-0.15, -0.1) is 0 Å². The van der Waals surface area contributed by atoms with Crippen LogP contribution in [0.25, 0.3) is 33.1 Å². The summed E-state index contributed by atoms with van der Waals surface area (Å²) in [5, 5.41) is 14.2. The zero-order chi connectivity index (χ0) is 14.4. The summed E-state index contributed by atoms with van der Waals surface area (Å²) in [6, 6.07) is 12.0. The molecule has 0 aliphatic carbocycles. The van der Waals surface area contributed by atoms with Crippen LogP contribution in [-0.4, -0.2) is 27.1 Å². The van der Waals surface area contributed by atoms with Gasteiger partial charge in [-0.25, -0.2) is 0 Å². The molecule has 5 heteroatoms. The maximum Gasteiger partial charge on any atom is 0.144 e. The molecule has 0 radical (unpaired) electrons. The van der Waals surface area contributed by atoms with Crippen molar-refractivity contribution in [3.8, 4) is 17.0 Å². The average Bonchev–Trinajstić information content (AvgIpc) is 3.08. The summed E-state index contributed by atoms with van der Waals surface area (Å²) in [5.74, 6) is 0.796. The third-order valence-electron chi connectivity index (χ3n) is 3.70. The van der Waals surface area contributed by atoms with Crippen molar-refractivity contribution in [2.75, 3.05) is 7.11 Å². The SMILES string of the molecule is COc1cccc2c(-c3cccc4nn(C)cc34)n[nH]c12. The van der Waals surface area contributed by atoms with Gasteiger partial charge in [0.2, 0.25) is 0 Å². The zero-order valence-corrected chi connectivity index (χ0v) is 11.8. The van der Waals surface area contributed by atoms with Crippen LogP contribution in [0.15, 0.2) is 42.6 Å². The molecule has 4 aromatic rings.